The van der Waals surface area contributed by atoms with Gasteiger partial charge >= 0.3 is 0 Å². The van der Waals surface area contributed by atoms with Crippen molar-refractivity contribution in [2.24, 2.45) is 5.73 Å². The summed E-state index contributed by atoms with van der Waals surface area (Å²) in [7, 11) is 0. The van der Waals surface area contributed by atoms with Crippen molar-refractivity contribution >= 4 is 15.9 Å². The Bertz CT molecular complexity index is 604. The summed E-state index contributed by atoms with van der Waals surface area (Å²) in [6.45, 7) is 6.44. The lowest BCUT2D eigenvalue weighted by Gasteiger charge is -2.15. The van der Waals surface area contributed by atoms with Crippen molar-refractivity contribution in [1.82, 2.24) is 9.78 Å². The van der Waals surface area contributed by atoms with Gasteiger partial charge in [-0.2, -0.15) is 5.10 Å². The molecule has 0 aliphatic rings. The van der Waals surface area contributed by atoms with Crippen LogP contribution in [-0.2, 0) is 19.3 Å². The number of hydrogen-bond donors (Lipinski definition) is 1. The average Bonchev–Trinajstić information content (AvgIpc) is 2.90. The molecule has 1 atom stereocenters. The molecule has 0 fully saturated rings. The van der Waals surface area contributed by atoms with Crippen molar-refractivity contribution in [3.05, 3.63) is 45.7 Å². The Kier molecular flexibility index (Phi) is 5.59. The van der Waals surface area contributed by atoms with Crippen LogP contribution in [0.2, 0.25) is 0 Å². The minimum absolute atomic E-state index is 0.185. The average molecular weight is 350 g/mol. The maximum atomic E-state index is 6.16. The molecule has 0 aliphatic heterocycles. The quantitative estimate of drug-likeness (QED) is 0.855. The first-order valence-corrected chi connectivity index (χ1v) is 8.50. The first-order valence-electron chi connectivity index (χ1n) is 7.71. The Labute approximate surface area is 135 Å². The lowest BCUT2D eigenvalue weighted by molar-refractivity contribution is 0.640. The molecule has 2 N–H and O–H groups in total. The van der Waals surface area contributed by atoms with Crippen LogP contribution in [0, 0.1) is 0 Å². The monoisotopic (exact) mass is 349 g/mol. The van der Waals surface area contributed by atoms with Crippen molar-refractivity contribution in [3.63, 3.8) is 0 Å². The summed E-state index contributed by atoms with van der Waals surface area (Å²) in [6.07, 6.45) is 3.78. The number of halogens is 1. The van der Waals surface area contributed by atoms with Gasteiger partial charge in [-0.1, -0.05) is 36.7 Å². The molecule has 114 valence electrons. The van der Waals surface area contributed by atoms with Crippen LogP contribution in [0.4, 0.5) is 0 Å². The van der Waals surface area contributed by atoms with Gasteiger partial charge in [0.25, 0.3) is 0 Å². The molecule has 0 radical (unpaired) electrons. The molecule has 2 rings (SSSR count). The number of rotatable bonds is 6. The van der Waals surface area contributed by atoms with Gasteiger partial charge in [0.1, 0.15) is 0 Å². The van der Waals surface area contributed by atoms with Gasteiger partial charge in [0.15, 0.2) is 0 Å². The first kappa shape index (κ1) is 16.2. The first-order chi connectivity index (χ1) is 10.1. The molecular weight excluding hydrogens is 326 g/mol. The smallest absolute Gasteiger partial charge is 0.0682 e. The van der Waals surface area contributed by atoms with Gasteiger partial charge in [0, 0.05) is 16.2 Å². The fourth-order valence-electron chi connectivity index (χ4n) is 2.46. The molecule has 0 saturated carbocycles. The Hall–Kier alpha value is -1.13. The largest absolute Gasteiger partial charge is 0.327 e. The zero-order valence-corrected chi connectivity index (χ0v) is 14.7. The third-order valence-electron chi connectivity index (χ3n) is 3.83. The van der Waals surface area contributed by atoms with E-state index < -0.39 is 0 Å². The fourth-order valence-corrected chi connectivity index (χ4v) is 2.87. The highest BCUT2D eigenvalue weighted by Gasteiger charge is 2.13. The Balaban J connectivity index is 2.49. The number of nitrogens with two attached hydrogens (primary N) is 1. The molecule has 0 amide bonds. The fraction of sp³-hybridized carbons (Fsp3) is 0.471. The molecule has 21 heavy (non-hydrogen) atoms. The lowest BCUT2D eigenvalue weighted by Crippen LogP contribution is -2.22. The van der Waals surface area contributed by atoms with Crippen molar-refractivity contribution in [3.8, 4) is 5.69 Å². The van der Waals surface area contributed by atoms with Gasteiger partial charge in [0.2, 0.25) is 0 Å². The highest BCUT2D eigenvalue weighted by Crippen LogP contribution is 2.23. The maximum Gasteiger partial charge on any atom is 0.0682 e. The topological polar surface area (TPSA) is 43.8 Å². The molecule has 4 heteroatoms. The van der Waals surface area contributed by atoms with Gasteiger partial charge < -0.3 is 5.73 Å². The van der Waals surface area contributed by atoms with Crippen molar-refractivity contribution in [2.75, 3.05) is 0 Å². The molecule has 1 aromatic carbocycles. The molecule has 2 aromatic rings. The van der Waals surface area contributed by atoms with E-state index in [2.05, 4.69) is 65.6 Å². The number of benzene rings is 1. The second-order valence-electron chi connectivity index (χ2n) is 5.39. The number of aromatic nitrogens is 2. The summed E-state index contributed by atoms with van der Waals surface area (Å²) in [4.78, 5) is 0. The molecule has 0 spiro atoms. The molecule has 1 aromatic heterocycles. The van der Waals surface area contributed by atoms with Crippen molar-refractivity contribution < 1.29 is 0 Å². The summed E-state index contributed by atoms with van der Waals surface area (Å²) in [5.74, 6) is 0. The molecule has 0 bridgehead atoms. The van der Waals surface area contributed by atoms with Gasteiger partial charge in [0.05, 0.1) is 11.4 Å². The number of hydrogen-bond acceptors (Lipinski definition) is 2. The number of aryl methyl sites for hydroxylation is 2. The summed E-state index contributed by atoms with van der Waals surface area (Å²) in [5.41, 5.74) is 10.9. The van der Waals surface area contributed by atoms with Crippen LogP contribution in [0.5, 0.6) is 0 Å². The van der Waals surface area contributed by atoms with E-state index in [0.717, 1.165) is 41.5 Å². The van der Waals surface area contributed by atoms with Crippen molar-refractivity contribution in [1.29, 1.82) is 0 Å². The minimum Gasteiger partial charge on any atom is -0.327 e. The standard InChI is InChI=1S/C17H24BrN3/c1-4-14(19)10-12-9-13(18)7-8-17(12)21-16(6-3)11-15(5-2)20-21/h7-9,11,14H,4-6,10,19H2,1-3H3. The van der Waals surface area contributed by atoms with E-state index in [4.69, 9.17) is 10.8 Å². The predicted molar refractivity (Wildman–Crippen MR) is 92.0 cm³/mol. The van der Waals surface area contributed by atoms with Crippen LogP contribution in [0.15, 0.2) is 28.7 Å². The van der Waals surface area contributed by atoms with Crippen LogP contribution < -0.4 is 5.73 Å². The highest BCUT2D eigenvalue weighted by atomic mass is 79.9. The maximum absolute atomic E-state index is 6.16. The summed E-state index contributed by atoms with van der Waals surface area (Å²) < 4.78 is 3.17. The van der Waals surface area contributed by atoms with Crippen molar-refractivity contribution in [2.45, 2.75) is 52.5 Å². The number of nitrogens with zero attached hydrogens (tertiary/aromatic N) is 2. The predicted octanol–water partition coefficient (Wildman–Crippen LogP) is 4.04. The summed E-state index contributed by atoms with van der Waals surface area (Å²) >= 11 is 3.56. The Morgan fingerprint density at radius 2 is 1.95 bits per heavy atom. The molecule has 3 nitrogen and oxygen atoms in total. The minimum atomic E-state index is 0.185. The van der Waals surface area contributed by atoms with Crippen LogP contribution in [-0.4, -0.2) is 15.8 Å². The molecule has 1 unspecified atom stereocenters. The van der Waals surface area contributed by atoms with E-state index in [9.17, 15) is 0 Å². The second-order valence-corrected chi connectivity index (χ2v) is 6.31. The van der Waals surface area contributed by atoms with E-state index in [0.29, 0.717) is 0 Å². The molecule has 0 saturated heterocycles. The molecular formula is C17H24BrN3. The Morgan fingerprint density at radius 1 is 1.19 bits per heavy atom. The third-order valence-corrected chi connectivity index (χ3v) is 4.33. The van der Waals surface area contributed by atoms with Gasteiger partial charge in [-0.15, -0.1) is 0 Å². The third kappa shape index (κ3) is 3.74. The Morgan fingerprint density at radius 3 is 2.57 bits per heavy atom. The van der Waals surface area contributed by atoms with Gasteiger partial charge in [-0.3, -0.25) is 0 Å². The SMILES string of the molecule is CCc1cc(CC)n(-c2ccc(Br)cc2CC(N)CC)n1. The zero-order chi connectivity index (χ0) is 15.4. The summed E-state index contributed by atoms with van der Waals surface area (Å²) in [5, 5.41) is 4.75. The van der Waals surface area contributed by atoms with Crippen LogP contribution in [0.1, 0.15) is 44.1 Å². The summed E-state index contributed by atoms with van der Waals surface area (Å²) in [6, 6.07) is 8.75. The lowest BCUT2D eigenvalue weighted by atomic mass is 10.0. The normalized spacial score (nSPS) is 12.6. The van der Waals surface area contributed by atoms with E-state index in [1.165, 1.54) is 11.3 Å². The highest BCUT2D eigenvalue weighted by molar-refractivity contribution is 9.10. The van der Waals surface area contributed by atoms with E-state index in [-0.39, 0.29) is 6.04 Å². The zero-order valence-electron chi connectivity index (χ0n) is 13.1. The van der Waals surface area contributed by atoms with Crippen LogP contribution in [0.3, 0.4) is 0 Å². The van der Waals surface area contributed by atoms with E-state index in [1.807, 2.05) is 0 Å². The molecule has 0 aliphatic carbocycles. The van der Waals surface area contributed by atoms with Crippen LogP contribution in [0.25, 0.3) is 5.69 Å². The van der Waals surface area contributed by atoms with E-state index >= 15 is 0 Å². The van der Waals surface area contributed by atoms with Gasteiger partial charge in [-0.25, -0.2) is 4.68 Å². The van der Waals surface area contributed by atoms with Crippen LogP contribution >= 0.6 is 15.9 Å². The molecule has 1 heterocycles. The van der Waals surface area contributed by atoms with E-state index in [1.54, 1.807) is 0 Å². The second kappa shape index (κ2) is 7.23. The van der Waals surface area contributed by atoms with Gasteiger partial charge in [-0.05, 0) is 55.5 Å².